The smallest absolute Gasteiger partial charge is 0.116 e. The van der Waals surface area contributed by atoms with Crippen LogP contribution in [0.5, 0.6) is 0 Å². The largest absolute Gasteiger partial charge is 0.361 e. The number of rotatable bonds is 2. The Bertz CT molecular complexity index is 688. The number of para-hydroxylation sites is 1. The zero-order chi connectivity index (χ0) is 12.7. The van der Waals surface area contributed by atoms with Crippen molar-refractivity contribution in [3.8, 4) is 11.3 Å². The summed E-state index contributed by atoms with van der Waals surface area (Å²) in [4.78, 5) is 9.42. The van der Waals surface area contributed by atoms with Crippen LogP contribution in [0.1, 0.15) is 12.8 Å². The molecule has 2 aromatic heterocycles. The summed E-state index contributed by atoms with van der Waals surface area (Å²) in [6.45, 7) is 2.31. The van der Waals surface area contributed by atoms with E-state index >= 15 is 0 Å². The zero-order valence-corrected chi connectivity index (χ0v) is 10.8. The van der Waals surface area contributed by atoms with Gasteiger partial charge in [0.25, 0.3) is 0 Å². The van der Waals surface area contributed by atoms with Gasteiger partial charge in [-0.05, 0) is 31.0 Å². The molecule has 0 aliphatic carbocycles. The number of benzene rings is 1. The third-order valence-corrected chi connectivity index (χ3v) is 3.98. The van der Waals surface area contributed by atoms with Crippen molar-refractivity contribution >= 4 is 16.7 Å². The lowest BCUT2D eigenvalue weighted by Crippen LogP contribution is -2.18. The maximum atomic E-state index is 3.60. The van der Waals surface area contributed by atoms with Crippen molar-refractivity contribution in [1.29, 1.82) is 0 Å². The molecule has 3 heteroatoms. The van der Waals surface area contributed by atoms with Crippen LogP contribution in [0.4, 0.5) is 5.82 Å². The van der Waals surface area contributed by atoms with Crippen LogP contribution >= 0.6 is 0 Å². The molecule has 1 fully saturated rings. The quantitative estimate of drug-likeness (QED) is 0.714. The molecule has 4 rings (SSSR count). The van der Waals surface area contributed by atoms with E-state index in [0.29, 0.717) is 0 Å². The molecule has 2 N–H and O–H groups in total. The Morgan fingerprint density at radius 1 is 0.947 bits per heavy atom. The van der Waals surface area contributed by atoms with E-state index in [2.05, 4.69) is 51.3 Å². The predicted molar refractivity (Wildman–Crippen MR) is 79.5 cm³/mol. The van der Waals surface area contributed by atoms with Crippen molar-refractivity contribution in [3.05, 3.63) is 42.6 Å². The minimum atomic E-state index is 1.15. The standard InChI is InChI=1S/C16H17N3/c1-2-7-13-12(6-1)15(14-8-5-9-17-14)16(18-13)19-10-3-4-11-19/h1-2,5-9,17-18H,3-4,10-11H2. The van der Waals surface area contributed by atoms with Gasteiger partial charge in [0.2, 0.25) is 0 Å². The van der Waals surface area contributed by atoms with Gasteiger partial charge in [-0.15, -0.1) is 0 Å². The third-order valence-electron chi connectivity index (χ3n) is 3.98. The highest BCUT2D eigenvalue weighted by Gasteiger charge is 2.21. The van der Waals surface area contributed by atoms with Gasteiger partial charge in [0, 0.05) is 41.4 Å². The summed E-state index contributed by atoms with van der Waals surface area (Å²) in [5, 5.41) is 1.30. The molecule has 96 valence electrons. The van der Waals surface area contributed by atoms with Crippen molar-refractivity contribution in [3.63, 3.8) is 0 Å². The third kappa shape index (κ3) is 1.65. The van der Waals surface area contributed by atoms with Gasteiger partial charge in [0.15, 0.2) is 0 Å². The molecule has 0 saturated carbocycles. The summed E-state index contributed by atoms with van der Waals surface area (Å²) in [6.07, 6.45) is 4.57. The van der Waals surface area contributed by atoms with E-state index in [0.717, 1.165) is 13.1 Å². The van der Waals surface area contributed by atoms with Crippen molar-refractivity contribution in [1.82, 2.24) is 9.97 Å². The molecule has 1 saturated heterocycles. The number of hydrogen-bond acceptors (Lipinski definition) is 1. The summed E-state index contributed by atoms with van der Waals surface area (Å²) >= 11 is 0. The van der Waals surface area contributed by atoms with Gasteiger partial charge in [-0.2, -0.15) is 0 Å². The van der Waals surface area contributed by atoms with Crippen molar-refractivity contribution in [2.75, 3.05) is 18.0 Å². The normalized spacial score (nSPS) is 15.5. The Morgan fingerprint density at radius 3 is 2.58 bits per heavy atom. The van der Waals surface area contributed by atoms with Gasteiger partial charge in [0.05, 0.1) is 0 Å². The first-order valence-corrected chi connectivity index (χ1v) is 6.93. The lowest BCUT2D eigenvalue weighted by atomic mass is 10.1. The molecule has 0 bridgehead atoms. The van der Waals surface area contributed by atoms with E-state index in [4.69, 9.17) is 0 Å². The Balaban J connectivity index is 1.98. The Morgan fingerprint density at radius 2 is 1.79 bits per heavy atom. The van der Waals surface area contributed by atoms with Crippen LogP contribution in [0.2, 0.25) is 0 Å². The first-order valence-electron chi connectivity index (χ1n) is 6.93. The first kappa shape index (κ1) is 10.7. The van der Waals surface area contributed by atoms with Gasteiger partial charge >= 0.3 is 0 Å². The summed E-state index contributed by atoms with van der Waals surface area (Å²) in [5.41, 5.74) is 3.72. The van der Waals surface area contributed by atoms with Crippen LogP contribution in [0.3, 0.4) is 0 Å². The Labute approximate surface area is 112 Å². The number of anilines is 1. The van der Waals surface area contributed by atoms with Gasteiger partial charge < -0.3 is 14.9 Å². The molecule has 1 aromatic carbocycles. The van der Waals surface area contributed by atoms with Crippen LogP contribution in [-0.2, 0) is 0 Å². The monoisotopic (exact) mass is 251 g/mol. The highest BCUT2D eigenvalue weighted by Crippen LogP contribution is 2.37. The van der Waals surface area contributed by atoms with Gasteiger partial charge in [0.1, 0.15) is 5.82 Å². The molecule has 3 nitrogen and oxygen atoms in total. The second-order valence-electron chi connectivity index (χ2n) is 5.17. The second-order valence-corrected chi connectivity index (χ2v) is 5.17. The van der Waals surface area contributed by atoms with Crippen LogP contribution < -0.4 is 4.90 Å². The minimum Gasteiger partial charge on any atom is -0.361 e. The topological polar surface area (TPSA) is 34.8 Å². The number of H-pyrrole nitrogens is 2. The minimum absolute atomic E-state index is 1.15. The Hall–Kier alpha value is -2.16. The van der Waals surface area contributed by atoms with Crippen molar-refractivity contribution < 1.29 is 0 Å². The number of aromatic nitrogens is 2. The van der Waals surface area contributed by atoms with E-state index in [-0.39, 0.29) is 0 Å². The summed E-state index contributed by atoms with van der Waals surface area (Å²) in [7, 11) is 0. The number of fused-ring (bicyclic) bond motifs is 1. The van der Waals surface area contributed by atoms with E-state index in [9.17, 15) is 0 Å². The van der Waals surface area contributed by atoms with Crippen LogP contribution in [0.15, 0.2) is 42.6 Å². The molecule has 0 unspecified atom stereocenters. The molecule has 3 heterocycles. The van der Waals surface area contributed by atoms with Crippen molar-refractivity contribution in [2.24, 2.45) is 0 Å². The number of aromatic amines is 2. The highest BCUT2D eigenvalue weighted by atomic mass is 15.2. The average molecular weight is 251 g/mol. The number of nitrogens with one attached hydrogen (secondary N) is 2. The molecule has 0 radical (unpaired) electrons. The Kier molecular flexibility index (Phi) is 2.37. The molecular formula is C16H17N3. The summed E-state index contributed by atoms with van der Waals surface area (Å²) < 4.78 is 0. The SMILES string of the molecule is c1c[nH]c(-c2c(N3CCCC3)[nH]c3ccccc23)c1. The van der Waals surface area contributed by atoms with E-state index in [1.54, 1.807) is 0 Å². The second kappa shape index (κ2) is 4.19. The highest BCUT2D eigenvalue weighted by molar-refractivity contribution is 6.01. The van der Waals surface area contributed by atoms with E-state index in [1.165, 1.54) is 40.8 Å². The van der Waals surface area contributed by atoms with Crippen LogP contribution in [-0.4, -0.2) is 23.1 Å². The number of hydrogen-bond donors (Lipinski definition) is 2. The molecule has 0 spiro atoms. The summed E-state index contributed by atoms with van der Waals surface area (Å²) in [6, 6.07) is 12.8. The molecule has 1 aliphatic rings. The number of nitrogens with zero attached hydrogens (tertiary/aromatic N) is 1. The lowest BCUT2D eigenvalue weighted by molar-refractivity contribution is 0.949. The maximum Gasteiger partial charge on any atom is 0.116 e. The fraction of sp³-hybridized carbons (Fsp3) is 0.250. The molecule has 3 aromatic rings. The predicted octanol–water partition coefficient (Wildman–Crippen LogP) is 3.76. The lowest BCUT2D eigenvalue weighted by Gasteiger charge is -2.17. The molecule has 0 atom stereocenters. The average Bonchev–Trinajstić information content (AvgIpc) is 3.17. The first-order chi connectivity index (χ1) is 9.43. The molecule has 0 amide bonds. The van der Waals surface area contributed by atoms with E-state index < -0.39 is 0 Å². The molecule has 1 aliphatic heterocycles. The van der Waals surface area contributed by atoms with Gasteiger partial charge in [-0.3, -0.25) is 0 Å². The van der Waals surface area contributed by atoms with Crippen molar-refractivity contribution in [2.45, 2.75) is 12.8 Å². The fourth-order valence-electron chi connectivity index (χ4n) is 3.06. The summed E-state index contributed by atoms with van der Waals surface area (Å²) in [5.74, 6) is 1.26. The maximum absolute atomic E-state index is 3.60. The van der Waals surface area contributed by atoms with Crippen LogP contribution in [0.25, 0.3) is 22.2 Å². The van der Waals surface area contributed by atoms with Gasteiger partial charge in [-0.1, -0.05) is 18.2 Å². The fourth-order valence-corrected chi connectivity index (χ4v) is 3.06. The molecule has 19 heavy (non-hydrogen) atoms. The van der Waals surface area contributed by atoms with Crippen LogP contribution in [0, 0.1) is 0 Å². The van der Waals surface area contributed by atoms with E-state index in [1.807, 2.05) is 6.20 Å². The zero-order valence-electron chi connectivity index (χ0n) is 10.8. The molecular weight excluding hydrogens is 234 g/mol. The van der Waals surface area contributed by atoms with Gasteiger partial charge in [-0.25, -0.2) is 0 Å².